The lowest BCUT2D eigenvalue weighted by molar-refractivity contribution is -0.118. The van der Waals surface area contributed by atoms with Crippen molar-refractivity contribution in [3.63, 3.8) is 0 Å². The lowest BCUT2D eigenvalue weighted by Gasteiger charge is -2.10. The van der Waals surface area contributed by atoms with Crippen molar-refractivity contribution in [3.8, 4) is 11.4 Å². The molecule has 2 amide bonds. The molecule has 2 aromatic carbocycles. The third-order valence-electron chi connectivity index (χ3n) is 4.77. The molecule has 8 nitrogen and oxygen atoms in total. The van der Waals surface area contributed by atoms with Crippen LogP contribution in [0.4, 0.5) is 0 Å². The summed E-state index contributed by atoms with van der Waals surface area (Å²) in [6.45, 7) is 4.97. The van der Waals surface area contributed by atoms with E-state index in [1.165, 1.54) is 17.3 Å². The zero-order valence-electron chi connectivity index (χ0n) is 18.4. The number of aromatic nitrogens is 3. The van der Waals surface area contributed by atoms with Crippen LogP contribution in [0.15, 0.2) is 60.0 Å². The second kappa shape index (κ2) is 11.3. The number of nitrogens with zero attached hydrogens (tertiary/aromatic N) is 3. The zero-order valence-corrected chi connectivity index (χ0v) is 19.2. The van der Waals surface area contributed by atoms with Crippen molar-refractivity contribution in [1.82, 2.24) is 25.4 Å². The van der Waals surface area contributed by atoms with Crippen LogP contribution in [0.3, 0.4) is 0 Å². The maximum absolute atomic E-state index is 12.2. The van der Waals surface area contributed by atoms with E-state index >= 15 is 0 Å². The Bertz CT molecular complexity index is 1030. The summed E-state index contributed by atoms with van der Waals surface area (Å²) in [6, 6.07) is 15.0. The van der Waals surface area contributed by atoms with E-state index < -0.39 is 0 Å². The Morgan fingerprint density at radius 1 is 1.03 bits per heavy atom. The fraction of sp³-hybridized carbons (Fsp3) is 0.304. The van der Waals surface area contributed by atoms with Crippen molar-refractivity contribution in [2.45, 2.75) is 24.9 Å². The Hall–Kier alpha value is -3.33. The van der Waals surface area contributed by atoms with E-state index in [0.717, 1.165) is 5.69 Å². The second-order valence-corrected chi connectivity index (χ2v) is 8.30. The van der Waals surface area contributed by atoms with Crippen molar-refractivity contribution < 1.29 is 14.3 Å². The quantitative estimate of drug-likeness (QED) is 0.362. The van der Waals surface area contributed by atoms with Gasteiger partial charge in [-0.2, -0.15) is 0 Å². The van der Waals surface area contributed by atoms with Gasteiger partial charge in [0.25, 0.3) is 5.91 Å². The Labute approximate surface area is 191 Å². The minimum Gasteiger partial charge on any atom is -0.497 e. The Kier molecular flexibility index (Phi) is 8.27. The summed E-state index contributed by atoms with van der Waals surface area (Å²) < 4.78 is 6.94. The molecule has 168 valence electrons. The summed E-state index contributed by atoms with van der Waals surface area (Å²) in [7, 11) is 1.57. The highest BCUT2D eigenvalue weighted by atomic mass is 32.2. The molecule has 0 unspecified atom stereocenters. The lowest BCUT2D eigenvalue weighted by atomic mass is 10.0. The number of carbonyl (C=O) groups is 2. The SMILES string of the molecule is COc1ccc(C(=O)NCCNC(=O)CSc2nncn2-c2ccc(C(C)C)cc2)cc1. The molecule has 0 bridgehead atoms. The van der Waals surface area contributed by atoms with Crippen molar-refractivity contribution >= 4 is 23.6 Å². The van der Waals surface area contributed by atoms with E-state index in [4.69, 9.17) is 4.74 Å². The van der Waals surface area contributed by atoms with Crippen LogP contribution < -0.4 is 15.4 Å². The summed E-state index contributed by atoms with van der Waals surface area (Å²) in [6.07, 6.45) is 1.64. The number of amides is 2. The first-order chi connectivity index (χ1) is 15.5. The minimum absolute atomic E-state index is 0.140. The van der Waals surface area contributed by atoms with E-state index in [0.29, 0.717) is 35.5 Å². The average Bonchev–Trinajstić information content (AvgIpc) is 3.29. The average molecular weight is 454 g/mol. The number of carbonyl (C=O) groups excluding carboxylic acids is 2. The first-order valence-corrected chi connectivity index (χ1v) is 11.3. The molecule has 0 saturated heterocycles. The second-order valence-electron chi connectivity index (χ2n) is 7.35. The molecule has 1 aromatic heterocycles. The van der Waals surface area contributed by atoms with Gasteiger partial charge in [0.2, 0.25) is 5.91 Å². The highest BCUT2D eigenvalue weighted by Crippen LogP contribution is 2.21. The molecule has 0 fully saturated rings. The summed E-state index contributed by atoms with van der Waals surface area (Å²) in [5.74, 6) is 1.01. The Morgan fingerprint density at radius 2 is 1.72 bits per heavy atom. The third-order valence-corrected chi connectivity index (χ3v) is 5.71. The number of methoxy groups -OCH3 is 1. The monoisotopic (exact) mass is 453 g/mol. The fourth-order valence-electron chi connectivity index (χ4n) is 2.92. The molecule has 0 atom stereocenters. The highest BCUT2D eigenvalue weighted by Gasteiger charge is 2.11. The maximum Gasteiger partial charge on any atom is 0.251 e. The number of thioether (sulfide) groups is 1. The number of rotatable bonds is 10. The van der Waals surface area contributed by atoms with E-state index in [2.05, 4.69) is 46.8 Å². The fourth-order valence-corrected chi connectivity index (χ4v) is 3.68. The molecule has 1 heterocycles. The normalized spacial score (nSPS) is 10.8. The van der Waals surface area contributed by atoms with Crippen LogP contribution in [0.2, 0.25) is 0 Å². The largest absolute Gasteiger partial charge is 0.497 e. The maximum atomic E-state index is 12.2. The van der Waals surface area contributed by atoms with Gasteiger partial charge in [-0.05, 0) is 47.9 Å². The van der Waals surface area contributed by atoms with Gasteiger partial charge in [-0.25, -0.2) is 0 Å². The molecule has 0 saturated carbocycles. The van der Waals surface area contributed by atoms with Crippen LogP contribution in [-0.4, -0.2) is 52.5 Å². The van der Waals surface area contributed by atoms with E-state index in [-0.39, 0.29) is 17.6 Å². The first kappa shape index (κ1) is 23.3. The topological polar surface area (TPSA) is 98.1 Å². The van der Waals surface area contributed by atoms with Crippen molar-refractivity contribution in [1.29, 1.82) is 0 Å². The number of ether oxygens (including phenoxy) is 1. The third kappa shape index (κ3) is 6.34. The minimum atomic E-state index is -0.201. The number of hydrogen-bond acceptors (Lipinski definition) is 6. The molecule has 3 aromatic rings. The lowest BCUT2D eigenvalue weighted by Crippen LogP contribution is -2.35. The Balaban J connectivity index is 1.42. The van der Waals surface area contributed by atoms with Gasteiger partial charge in [0.05, 0.1) is 12.9 Å². The van der Waals surface area contributed by atoms with Crippen molar-refractivity contribution in [3.05, 3.63) is 66.0 Å². The molecule has 0 aliphatic rings. The van der Waals surface area contributed by atoms with Gasteiger partial charge in [0, 0.05) is 24.3 Å². The van der Waals surface area contributed by atoms with Crippen LogP contribution in [0, 0.1) is 0 Å². The molecule has 32 heavy (non-hydrogen) atoms. The Morgan fingerprint density at radius 3 is 2.38 bits per heavy atom. The van der Waals surface area contributed by atoms with Crippen molar-refractivity contribution in [2.24, 2.45) is 0 Å². The van der Waals surface area contributed by atoms with Crippen molar-refractivity contribution in [2.75, 3.05) is 26.0 Å². The van der Waals surface area contributed by atoms with Gasteiger partial charge >= 0.3 is 0 Å². The summed E-state index contributed by atoms with van der Waals surface area (Å²) in [5, 5.41) is 14.3. The molecule has 0 aliphatic heterocycles. The van der Waals surface area contributed by atoms with Gasteiger partial charge in [0.1, 0.15) is 12.1 Å². The molecule has 2 N–H and O–H groups in total. The highest BCUT2D eigenvalue weighted by molar-refractivity contribution is 7.99. The number of hydrogen-bond donors (Lipinski definition) is 2. The molecule has 0 aliphatic carbocycles. The van der Waals surface area contributed by atoms with Gasteiger partial charge in [-0.15, -0.1) is 10.2 Å². The van der Waals surface area contributed by atoms with Crippen LogP contribution in [0.1, 0.15) is 35.7 Å². The molecule has 0 spiro atoms. The van der Waals surface area contributed by atoms with E-state index in [1.807, 2.05) is 16.7 Å². The zero-order chi connectivity index (χ0) is 22.9. The van der Waals surface area contributed by atoms with Gasteiger partial charge in [-0.3, -0.25) is 14.2 Å². The molecule has 0 radical (unpaired) electrons. The summed E-state index contributed by atoms with van der Waals surface area (Å²) in [4.78, 5) is 24.3. The van der Waals surface area contributed by atoms with E-state index in [1.54, 1.807) is 37.7 Å². The molecular formula is C23H27N5O3S. The van der Waals surface area contributed by atoms with Gasteiger partial charge < -0.3 is 15.4 Å². The number of nitrogens with one attached hydrogen (secondary N) is 2. The van der Waals surface area contributed by atoms with Gasteiger partial charge in [-0.1, -0.05) is 37.7 Å². The predicted octanol–water partition coefficient (Wildman–Crippen LogP) is 3.04. The first-order valence-electron chi connectivity index (χ1n) is 10.3. The standard InChI is InChI=1S/C23H27N5O3S/c1-16(2)17-4-8-19(9-5-17)28-15-26-27-23(28)32-14-21(29)24-12-13-25-22(30)18-6-10-20(31-3)11-7-18/h4-11,15-16H,12-14H2,1-3H3,(H,24,29)(H,25,30). The summed E-state index contributed by atoms with van der Waals surface area (Å²) in [5.41, 5.74) is 2.74. The molecule has 9 heteroatoms. The molecule has 3 rings (SSSR count). The van der Waals surface area contributed by atoms with E-state index in [9.17, 15) is 9.59 Å². The molecular weight excluding hydrogens is 426 g/mol. The predicted molar refractivity (Wildman–Crippen MR) is 125 cm³/mol. The van der Waals surface area contributed by atoms with Crippen LogP contribution in [0.5, 0.6) is 5.75 Å². The van der Waals surface area contributed by atoms with Gasteiger partial charge in [0.15, 0.2) is 5.16 Å². The summed E-state index contributed by atoms with van der Waals surface area (Å²) >= 11 is 1.31. The van der Waals surface area contributed by atoms with Crippen LogP contribution in [0.25, 0.3) is 5.69 Å². The number of benzene rings is 2. The van der Waals surface area contributed by atoms with Crippen LogP contribution >= 0.6 is 11.8 Å². The van der Waals surface area contributed by atoms with Crippen LogP contribution in [-0.2, 0) is 4.79 Å². The smallest absolute Gasteiger partial charge is 0.251 e.